The van der Waals surface area contributed by atoms with Gasteiger partial charge < -0.3 is 4.90 Å². The van der Waals surface area contributed by atoms with Crippen LogP contribution in [0, 0.1) is 0 Å². The average molecular weight is 283 g/mol. The van der Waals surface area contributed by atoms with Crippen molar-refractivity contribution in [1.82, 2.24) is 0 Å². The van der Waals surface area contributed by atoms with Crippen LogP contribution in [0.15, 0.2) is 59.5 Å². The summed E-state index contributed by atoms with van der Waals surface area (Å²) in [5.74, 6) is 0. The molecule has 0 N–H and O–H groups in total. The molecule has 2 heteroatoms. The lowest BCUT2D eigenvalue weighted by Gasteiger charge is -2.46. The zero-order valence-corrected chi connectivity index (χ0v) is 13.4. The minimum Gasteiger partial charge on any atom is -0.358 e. The van der Waals surface area contributed by atoms with Crippen molar-refractivity contribution in [2.75, 3.05) is 11.9 Å². The standard InChI is InChI=1S/C18H21NS/c1-17(2,14-10-6-5-7-11-14)18(3)19(4)15-12-8-9-13-16(15)20-18/h5-13H,1-4H3. The van der Waals surface area contributed by atoms with Crippen molar-refractivity contribution < 1.29 is 0 Å². The van der Waals surface area contributed by atoms with Crippen molar-refractivity contribution in [3.8, 4) is 0 Å². The Bertz CT molecular complexity index is 620. The molecule has 2 aromatic rings. The maximum atomic E-state index is 2.43. The van der Waals surface area contributed by atoms with Crippen LogP contribution in [-0.4, -0.2) is 11.9 Å². The molecule has 3 rings (SSSR count). The van der Waals surface area contributed by atoms with Gasteiger partial charge in [0.1, 0.15) is 0 Å². The quantitative estimate of drug-likeness (QED) is 0.769. The van der Waals surface area contributed by atoms with Crippen LogP contribution in [0.25, 0.3) is 0 Å². The molecule has 1 heterocycles. The molecule has 1 aliphatic rings. The summed E-state index contributed by atoms with van der Waals surface area (Å²) in [5.41, 5.74) is 2.77. The molecule has 0 aliphatic carbocycles. The Balaban J connectivity index is 2.07. The summed E-state index contributed by atoms with van der Waals surface area (Å²) in [7, 11) is 2.21. The van der Waals surface area contributed by atoms with E-state index in [1.807, 2.05) is 11.8 Å². The predicted octanol–water partition coefficient (Wildman–Crippen LogP) is 4.92. The summed E-state index contributed by atoms with van der Waals surface area (Å²) in [4.78, 5) is 3.82. The van der Waals surface area contributed by atoms with Crippen LogP contribution in [0.4, 0.5) is 5.69 Å². The molecule has 1 atom stereocenters. The number of anilines is 1. The minimum absolute atomic E-state index is 0.0119. The summed E-state index contributed by atoms with van der Waals surface area (Å²) in [6.45, 7) is 7.04. The molecule has 2 aromatic carbocycles. The molecular weight excluding hydrogens is 262 g/mol. The van der Waals surface area contributed by atoms with Gasteiger partial charge in [-0.25, -0.2) is 0 Å². The summed E-state index contributed by atoms with van der Waals surface area (Å²) in [6, 6.07) is 19.5. The van der Waals surface area contributed by atoms with Crippen LogP contribution in [-0.2, 0) is 5.41 Å². The summed E-state index contributed by atoms with van der Waals surface area (Å²) < 4.78 is 0. The van der Waals surface area contributed by atoms with E-state index in [-0.39, 0.29) is 10.3 Å². The molecule has 0 spiro atoms. The van der Waals surface area contributed by atoms with Crippen LogP contribution in [0.1, 0.15) is 26.3 Å². The third-order valence-electron chi connectivity index (χ3n) is 4.83. The molecule has 0 fully saturated rings. The third kappa shape index (κ3) is 1.78. The van der Waals surface area contributed by atoms with Crippen LogP contribution in [0.3, 0.4) is 0 Å². The largest absolute Gasteiger partial charge is 0.358 e. The molecule has 1 nitrogen and oxygen atoms in total. The number of likely N-dealkylation sites (N-methyl/N-ethyl adjacent to an activating group) is 1. The highest BCUT2D eigenvalue weighted by Crippen LogP contribution is 2.57. The number of hydrogen-bond acceptors (Lipinski definition) is 2. The molecule has 104 valence electrons. The molecule has 0 radical (unpaired) electrons. The van der Waals surface area contributed by atoms with Crippen LogP contribution >= 0.6 is 11.8 Å². The molecule has 0 bridgehead atoms. The first-order valence-electron chi connectivity index (χ1n) is 7.04. The molecule has 0 saturated heterocycles. The van der Waals surface area contributed by atoms with E-state index in [2.05, 4.69) is 87.3 Å². The second-order valence-corrected chi connectivity index (χ2v) is 7.54. The highest BCUT2D eigenvalue weighted by molar-refractivity contribution is 8.01. The van der Waals surface area contributed by atoms with E-state index in [4.69, 9.17) is 0 Å². The Morgan fingerprint density at radius 1 is 0.950 bits per heavy atom. The maximum Gasteiger partial charge on any atom is 0.0967 e. The van der Waals surface area contributed by atoms with Crippen LogP contribution < -0.4 is 4.90 Å². The van der Waals surface area contributed by atoms with E-state index in [0.717, 1.165) is 0 Å². The smallest absolute Gasteiger partial charge is 0.0967 e. The lowest BCUT2D eigenvalue weighted by atomic mass is 9.77. The van der Waals surface area contributed by atoms with E-state index >= 15 is 0 Å². The zero-order valence-electron chi connectivity index (χ0n) is 12.6. The zero-order chi connectivity index (χ0) is 14.4. The van der Waals surface area contributed by atoms with Crippen LogP contribution in [0.5, 0.6) is 0 Å². The van der Waals surface area contributed by atoms with Crippen LogP contribution in [0.2, 0.25) is 0 Å². The van der Waals surface area contributed by atoms with Crippen molar-refractivity contribution in [3.63, 3.8) is 0 Å². The molecule has 0 aromatic heterocycles. The van der Waals surface area contributed by atoms with Gasteiger partial charge in [0.25, 0.3) is 0 Å². The first-order chi connectivity index (χ1) is 9.47. The monoisotopic (exact) mass is 283 g/mol. The van der Waals surface area contributed by atoms with E-state index < -0.39 is 0 Å². The van der Waals surface area contributed by atoms with Gasteiger partial charge in [-0.3, -0.25) is 0 Å². The summed E-state index contributed by atoms with van der Waals surface area (Å²) in [6.07, 6.45) is 0. The van der Waals surface area contributed by atoms with Crippen molar-refractivity contribution in [1.29, 1.82) is 0 Å². The van der Waals surface area contributed by atoms with E-state index in [1.54, 1.807) is 0 Å². The minimum atomic E-state index is 0.0119. The van der Waals surface area contributed by atoms with E-state index in [1.165, 1.54) is 16.1 Å². The number of para-hydroxylation sites is 1. The van der Waals surface area contributed by atoms with Gasteiger partial charge in [-0.1, -0.05) is 68.1 Å². The first-order valence-corrected chi connectivity index (χ1v) is 7.86. The number of thioether (sulfide) groups is 1. The molecule has 1 unspecified atom stereocenters. The lowest BCUT2D eigenvalue weighted by molar-refractivity contribution is 0.386. The first kappa shape index (κ1) is 13.6. The fourth-order valence-electron chi connectivity index (χ4n) is 3.00. The number of benzene rings is 2. The number of fused-ring (bicyclic) bond motifs is 1. The van der Waals surface area contributed by atoms with Gasteiger partial charge in [0, 0.05) is 17.4 Å². The third-order valence-corrected chi connectivity index (χ3v) is 6.58. The van der Waals surface area contributed by atoms with Crippen molar-refractivity contribution in [3.05, 3.63) is 60.2 Å². The summed E-state index contributed by atoms with van der Waals surface area (Å²) >= 11 is 1.97. The van der Waals surface area contributed by atoms with Crippen molar-refractivity contribution in [2.24, 2.45) is 0 Å². The summed E-state index contributed by atoms with van der Waals surface area (Å²) in [5, 5.41) is 0. The van der Waals surface area contributed by atoms with E-state index in [0.29, 0.717) is 0 Å². The SMILES string of the molecule is CN1c2ccccc2SC1(C)C(C)(C)c1ccccc1. The number of hydrogen-bond donors (Lipinski definition) is 0. The van der Waals surface area contributed by atoms with Gasteiger partial charge in [0.15, 0.2) is 0 Å². The van der Waals surface area contributed by atoms with Crippen molar-refractivity contribution >= 4 is 17.4 Å². The van der Waals surface area contributed by atoms with E-state index in [9.17, 15) is 0 Å². The van der Waals surface area contributed by atoms with Crippen molar-refractivity contribution in [2.45, 2.75) is 36.0 Å². The van der Waals surface area contributed by atoms with Gasteiger partial charge >= 0.3 is 0 Å². The average Bonchev–Trinajstić information content (AvgIpc) is 2.74. The fourth-order valence-corrected chi connectivity index (χ4v) is 4.50. The Morgan fingerprint density at radius 2 is 1.55 bits per heavy atom. The van der Waals surface area contributed by atoms with Gasteiger partial charge in [-0.15, -0.1) is 0 Å². The van der Waals surface area contributed by atoms with Gasteiger partial charge in [-0.05, 0) is 24.6 Å². The molecule has 20 heavy (non-hydrogen) atoms. The number of nitrogens with zero attached hydrogens (tertiary/aromatic N) is 1. The molecule has 1 aliphatic heterocycles. The Labute approximate surface area is 126 Å². The lowest BCUT2D eigenvalue weighted by Crippen LogP contribution is -2.52. The van der Waals surface area contributed by atoms with Gasteiger partial charge in [0.2, 0.25) is 0 Å². The molecular formula is C18H21NS. The topological polar surface area (TPSA) is 3.24 Å². The molecule has 0 amide bonds. The van der Waals surface area contributed by atoms with Gasteiger partial charge in [0.05, 0.1) is 10.6 Å². The van der Waals surface area contributed by atoms with Gasteiger partial charge in [-0.2, -0.15) is 0 Å². The second-order valence-electron chi connectivity index (χ2n) is 6.10. The highest BCUT2D eigenvalue weighted by atomic mass is 32.2. The second kappa shape index (κ2) is 4.56. The predicted molar refractivity (Wildman–Crippen MR) is 88.6 cm³/mol. The highest BCUT2D eigenvalue weighted by Gasteiger charge is 2.50. The Kier molecular flexibility index (Phi) is 3.09. The fraction of sp³-hybridized carbons (Fsp3) is 0.333. The number of rotatable bonds is 2. The molecule has 0 saturated carbocycles. The Hall–Kier alpha value is -1.41. The Morgan fingerprint density at radius 3 is 2.20 bits per heavy atom. The maximum absolute atomic E-state index is 2.43. The normalized spacial score (nSPS) is 21.9.